The van der Waals surface area contributed by atoms with Crippen molar-refractivity contribution in [3.8, 4) is 0 Å². The van der Waals surface area contributed by atoms with Gasteiger partial charge in [-0.15, -0.1) is 5.10 Å². The van der Waals surface area contributed by atoms with Gasteiger partial charge < -0.3 is 5.32 Å². The lowest BCUT2D eigenvalue weighted by molar-refractivity contribution is 0.00800. The number of nitrogens with one attached hydrogen (secondary N) is 1. The molecule has 1 N–H and O–H groups in total. The van der Waals surface area contributed by atoms with Crippen molar-refractivity contribution in [3.63, 3.8) is 0 Å². The minimum atomic E-state index is -3.11. The molecule has 1 aliphatic carbocycles. The highest BCUT2D eigenvalue weighted by Crippen LogP contribution is 2.28. The molecule has 2 aromatic heterocycles. The van der Waals surface area contributed by atoms with E-state index in [-0.39, 0.29) is 11.8 Å². The molecule has 0 bridgehead atoms. The maximum atomic E-state index is 13.6. The lowest BCUT2D eigenvalue weighted by Gasteiger charge is -2.26. The number of hydrogen-bond acceptors (Lipinski definition) is 4. The predicted molar refractivity (Wildman–Crippen MR) is 96.0 cm³/mol. The maximum Gasteiger partial charge on any atom is 0.305 e. The first-order valence-corrected chi connectivity index (χ1v) is 8.84. The number of benzene rings is 1. The lowest BCUT2D eigenvalue weighted by atomic mass is 9.88. The van der Waals surface area contributed by atoms with Crippen LogP contribution < -0.4 is 5.32 Å². The topological polar surface area (TPSA) is 55.1 Å². The lowest BCUT2D eigenvalue weighted by Crippen LogP contribution is -2.28. The Balaban J connectivity index is 1.66. The molecule has 4 rings (SSSR count). The van der Waals surface area contributed by atoms with E-state index in [0.29, 0.717) is 11.5 Å². The Morgan fingerprint density at radius 2 is 2.04 bits per heavy atom. The Morgan fingerprint density at radius 3 is 2.81 bits per heavy atom. The number of aryl methyl sites for hydroxylation is 2. The first-order chi connectivity index (χ1) is 12.3. The minimum Gasteiger partial charge on any atom is -0.367 e. The standard InChI is InChI=1S/C18H18ClF2N5/c1-10-7-15(26-17(22-10)24-16(25-26)18(2,20)21)23-14-6-4-11-3-5-13(19)8-12(11)9-14/h3,5,7-8,14,23H,4,6,9H2,1-2H3. The predicted octanol–water partition coefficient (Wildman–Crippen LogP) is 4.17. The molecule has 2 heterocycles. The number of hydrogen-bond donors (Lipinski definition) is 1. The molecule has 0 spiro atoms. The fourth-order valence-electron chi connectivity index (χ4n) is 3.33. The second-order valence-electron chi connectivity index (χ2n) is 6.82. The highest BCUT2D eigenvalue weighted by atomic mass is 35.5. The van der Waals surface area contributed by atoms with Crippen molar-refractivity contribution in [3.05, 3.63) is 51.9 Å². The van der Waals surface area contributed by atoms with Crippen molar-refractivity contribution in [2.75, 3.05) is 5.32 Å². The van der Waals surface area contributed by atoms with Gasteiger partial charge in [0.05, 0.1) is 0 Å². The molecule has 0 radical (unpaired) electrons. The molecule has 8 heteroatoms. The zero-order chi connectivity index (χ0) is 18.5. The van der Waals surface area contributed by atoms with E-state index >= 15 is 0 Å². The van der Waals surface area contributed by atoms with Gasteiger partial charge in [0.2, 0.25) is 5.82 Å². The average Bonchev–Trinajstić information content (AvgIpc) is 2.99. The molecule has 1 unspecified atom stereocenters. The van der Waals surface area contributed by atoms with E-state index in [0.717, 1.165) is 31.2 Å². The third-order valence-electron chi connectivity index (χ3n) is 4.58. The molecule has 26 heavy (non-hydrogen) atoms. The van der Waals surface area contributed by atoms with Crippen molar-refractivity contribution < 1.29 is 8.78 Å². The highest BCUT2D eigenvalue weighted by molar-refractivity contribution is 6.30. The SMILES string of the molecule is Cc1cc(NC2CCc3ccc(Cl)cc3C2)n2nc(C(C)(F)F)nc2n1. The molecular formula is C18H18ClF2N5. The highest BCUT2D eigenvalue weighted by Gasteiger charge is 2.31. The largest absolute Gasteiger partial charge is 0.367 e. The third kappa shape index (κ3) is 3.23. The third-order valence-corrected chi connectivity index (χ3v) is 4.82. The summed E-state index contributed by atoms with van der Waals surface area (Å²) in [5.74, 6) is -2.85. The first-order valence-electron chi connectivity index (χ1n) is 8.46. The smallest absolute Gasteiger partial charge is 0.305 e. The molecule has 0 amide bonds. The van der Waals surface area contributed by atoms with Crippen molar-refractivity contribution >= 4 is 23.2 Å². The molecule has 1 aromatic carbocycles. The Hall–Kier alpha value is -2.28. The monoisotopic (exact) mass is 377 g/mol. The molecule has 1 aliphatic rings. The zero-order valence-corrected chi connectivity index (χ0v) is 15.2. The van der Waals surface area contributed by atoms with Crippen LogP contribution in [0.5, 0.6) is 0 Å². The molecular weight excluding hydrogens is 360 g/mol. The number of halogens is 3. The van der Waals surface area contributed by atoms with Crippen LogP contribution in [0.15, 0.2) is 24.3 Å². The summed E-state index contributed by atoms with van der Waals surface area (Å²) >= 11 is 6.11. The van der Waals surface area contributed by atoms with Crippen molar-refractivity contribution in [2.45, 2.75) is 45.1 Å². The number of alkyl halides is 2. The van der Waals surface area contributed by atoms with Gasteiger partial charge in [0.15, 0.2) is 0 Å². The fraction of sp³-hybridized carbons (Fsp3) is 0.389. The number of anilines is 1. The van der Waals surface area contributed by atoms with Gasteiger partial charge in [-0.2, -0.15) is 18.3 Å². The number of fused-ring (bicyclic) bond motifs is 2. The van der Waals surface area contributed by atoms with Gasteiger partial charge in [0.1, 0.15) is 5.82 Å². The second-order valence-corrected chi connectivity index (χ2v) is 7.25. The molecule has 1 atom stereocenters. The maximum absolute atomic E-state index is 13.6. The van der Waals surface area contributed by atoms with Crippen LogP contribution in [-0.2, 0) is 18.8 Å². The summed E-state index contributed by atoms with van der Waals surface area (Å²) in [7, 11) is 0. The molecule has 3 aromatic rings. The summed E-state index contributed by atoms with van der Waals surface area (Å²) in [6, 6.07) is 7.91. The van der Waals surface area contributed by atoms with Crippen LogP contribution in [0.1, 0.15) is 36.0 Å². The van der Waals surface area contributed by atoms with E-state index in [4.69, 9.17) is 11.6 Å². The average molecular weight is 378 g/mol. The number of aromatic nitrogens is 4. The quantitative estimate of drug-likeness (QED) is 0.744. The van der Waals surface area contributed by atoms with E-state index in [9.17, 15) is 8.78 Å². The van der Waals surface area contributed by atoms with Gasteiger partial charge in [-0.25, -0.2) is 4.98 Å². The van der Waals surface area contributed by atoms with Crippen molar-refractivity contribution in [2.24, 2.45) is 0 Å². The van der Waals surface area contributed by atoms with Crippen LogP contribution in [0.3, 0.4) is 0 Å². The van der Waals surface area contributed by atoms with Gasteiger partial charge in [0.25, 0.3) is 5.78 Å². The van der Waals surface area contributed by atoms with E-state index < -0.39 is 11.7 Å². The molecule has 0 fully saturated rings. The molecule has 136 valence electrons. The fourth-order valence-corrected chi connectivity index (χ4v) is 3.53. The summed E-state index contributed by atoms with van der Waals surface area (Å²) in [4.78, 5) is 8.09. The van der Waals surface area contributed by atoms with E-state index in [2.05, 4.69) is 26.4 Å². The summed E-state index contributed by atoms with van der Waals surface area (Å²) in [5.41, 5.74) is 3.21. The van der Waals surface area contributed by atoms with Crippen LogP contribution in [0.4, 0.5) is 14.6 Å². The summed E-state index contributed by atoms with van der Waals surface area (Å²) in [5, 5.41) is 8.10. The van der Waals surface area contributed by atoms with Crippen molar-refractivity contribution in [1.82, 2.24) is 19.6 Å². The second kappa shape index (κ2) is 6.16. The molecule has 0 aliphatic heterocycles. The van der Waals surface area contributed by atoms with Crippen LogP contribution in [0.25, 0.3) is 5.78 Å². The molecule has 0 saturated heterocycles. The first kappa shape index (κ1) is 17.1. The normalized spacial score (nSPS) is 17.3. The van der Waals surface area contributed by atoms with Gasteiger partial charge in [-0.3, -0.25) is 0 Å². The Morgan fingerprint density at radius 1 is 1.23 bits per heavy atom. The molecule has 5 nitrogen and oxygen atoms in total. The minimum absolute atomic E-state index is 0.153. The van der Waals surface area contributed by atoms with E-state index in [1.165, 1.54) is 15.6 Å². The van der Waals surface area contributed by atoms with Crippen LogP contribution in [0.2, 0.25) is 5.02 Å². The van der Waals surface area contributed by atoms with Crippen molar-refractivity contribution in [1.29, 1.82) is 0 Å². The van der Waals surface area contributed by atoms with Crippen LogP contribution in [0, 0.1) is 6.92 Å². The summed E-state index contributed by atoms with van der Waals surface area (Å²) in [6.45, 7) is 2.59. The molecule has 0 saturated carbocycles. The van der Waals surface area contributed by atoms with Gasteiger partial charge in [-0.05, 0) is 49.4 Å². The number of rotatable bonds is 3. The zero-order valence-electron chi connectivity index (χ0n) is 14.4. The van der Waals surface area contributed by atoms with E-state index in [1.54, 1.807) is 13.0 Å². The van der Waals surface area contributed by atoms with Gasteiger partial charge in [0, 0.05) is 29.7 Å². The van der Waals surface area contributed by atoms with Crippen LogP contribution >= 0.6 is 11.6 Å². The van der Waals surface area contributed by atoms with Crippen LogP contribution in [-0.4, -0.2) is 25.6 Å². The summed E-state index contributed by atoms with van der Waals surface area (Å²) in [6.07, 6.45) is 2.68. The van der Waals surface area contributed by atoms with Gasteiger partial charge >= 0.3 is 5.92 Å². The van der Waals surface area contributed by atoms with Gasteiger partial charge in [-0.1, -0.05) is 17.7 Å². The number of nitrogens with zero attached hydrogens (tertiary/aromatic N) is 4. The summed E-state index contributed by atoms with van der Waals surface area (Å²) < 4.78 is 28.5. The Bertz CT molecular complexity index is 980. The Labute approximate surface area is 154 Å². The van der Waals surface area contributed by atoms with E-state index in [1.807, 2.05) is 12.1 Å². The Kier molecular flexibility index (Phi) is 4.06.